The van der Waals surface area contributed by atoms with Crippen molar-refractivity contribution in [1.82, 2.24) is 14.1 Å². The first-order valence-corrected chi connectivity index (χ1v) is 15.7. The van der Waals surface area contributed by atoms with Crippen LogP contribution in [0.25, 0.3) is 87.9 Å². The first kappa shape index (κ1) is 25.2. The summed E-state index contributed by atoms with van der Waals surface area (Å²) in [6, 6.07) is 58.9. The van der Waals surface area contributed by atoms with Gasteiger partial charge in [-0.15, -0.1) is 0 Å². The average molecular weight is 586 g/mol. The van der Waals surface area contributed by atoms with E-state index in [1.54, 1.807) is 0 Å². The Morgan fingerprint density at radius 1 is 0.391 bits per heavy atom. The van der Waals surface area contributed by atoms with Gasteiger partial charge in [0, 0.05) is 38.0 Å². The molecule has 0 unspecified atom stereocenters. The quantitative estimate of drug-likeness (QED) is 0.202. The fourth-order valence-corrected chi connectivity index (χ4v) is 7.46. The van der Waals surface area contributed by atoms with Gasteiger partial charge in [-0.3, -0.25) is 4.57 Å². The minimum atomic E-state index is 0.913. The van der Waals surface area contributed by atoms with Gasteiger partial charge in [0.05, 0.1) is 27.6 Å². The summed E-state index contributed by atoms with van der Waals surface area (Å²) in [5.74, 6) is 0.913. The van der Waals surface area contributed by atoms with Gasteiger partial charge < -0.3 is 4.57 Å². The van der Waals surface area contributed by atoms with Gasteiger partial charge in [-0.2, -0.15) is 0 Å². The number of pyridine rings is 1. The molecule has 46 heavy (non-hydrogen) atoms. The topological polar surface area (TPSA) is 22.8 Å². The van der Waals surface area contributed by atoms with Crippen molar-refractivity contribution < 1.29 is 0 Å². The summed E-state index contributed by atoms with van der Waals surface area (Å²) in [6.07, 6.45) is 0. The Bertz CT molecular complexity index is 2790. The van der Waals surface area contributed by atoms with E-state index in [-0.39, 0.29) is 0 Å². The summed E-state index contributed by atoms with van der Waals surface area (Å²) in [6.45, 7) is 0. The summed E-state index contributed by atoms with van der Waals surface area (Å²) in [5, 5.41) is 8.58. The van der Waals surface area contributed by atoms with E-state index in [0.29, 0.717) is 0 Å². The molecule has 0 fully saturated rings. The lowest BCUT2D eigenvalue weighted by molar-refractivity contribution is 1.10. The fraction of sp³-hybridized carbons (Fsp3) is 0. The SMILES string of the molecule is c1ccc(-c2cc(-n3c4ccccc4c4cc5c6ccc7ccccc7c6n(-c6ccccc6)c5cc43)nc3ccccc23)cc1. The Labute approximate surface area is 265 Å². The highest BCUT2D eigenvalue weighted by molar-refractivity contribution is 6.23. The molecular weight excluding hydrogens is 558 g/mol. The zero-order valence-electron chi connectivity index (χ0n) is 24.9. The van der Waals surface area contributed by atoms with Crippen LogP contribution in [0.1, 0.15) is 0 Å². The predicted octanol–water partition coefficient (Wildman–Crippen LogP) is 11.2. The van der Waals surface area contributed by atoms with E-state index in [2.05, 4.69) is 173 Å². The molecule has 10 aromatic rings. The van der Waals surface area contributed by atoms with E-state index in [1.165, 1.54) is 54.5 Å². The minimum Gasteiger partial charge on any atom is -0.309 e. The molecule has 0 radical (unpaired) electrons. The Kier molecular flexibility index (Phi) is 5.28. The third-order valence-electron chi connectivity index (χ3n) is 9.48. The fourth-order valence-electron chi connectivity index (χ4n) is 7.46. The zero-order chi connectivity index (χ0) is 30.2. The maximum absolute atomic E-state index is 5.30. The number of benzene rings is 7. The van der Waals surface area contributed by atoms with Crippen molar-refractivity contribution in [3.05, 3.63) is 164 Å². The molecule has 0 spiro atoms. The Balaban J connectivity index is 1.38. The second-order valence-electron chi connectivity index (χ2n) is 12.0. The Hall–Kier alpha value is -6.19. The molecule has 7 aromatic carbocycles. The van der Waals surface area contributed by atoms with Gasteiger partial charge in [0.25, 0.3) is 0 Å². The van der Waals surface area contributed by atoms with Gasteiger partial charge >= 0.3 is 0 Å². The number of para-hydroxylation sites is 3. The third-order valence-corrected chi connectivity index (χ3v) is 9.48. The van der Waals surface area contributed by atoms with Crippen molar-refractivity contribution in [1.29, 1.82) is 0 Å². The number of aromatic nitrogens is 3. The summed E-state index contributed by atoms with van der Waals surface area (Å²) in [5.41, 5.74) is 9.19. The zero-order valence-corrected chi connectivity index (χ0v) is 24.9. The van der Waals surface area contributed by atoms with Gasteiger partial charge in [0.2, 0.25) is 0 Å². The maximum Gasteiger partial charge on any atom is 0.138 e. The summed E-state index contributed by atoms with van der Waals surface area (Å²) in [4.78, 5) is 5.30. The largest absolute Gasteiger partial charge is 0.309 e. The van der Waals surface area contributed by atoms with Gasteiger partial charge in [-0.25, -0.2) is 4.98 Å². The molecule has 0 aliphatic carbocycles. The summed E-state index contributed by atoms with van der Waals surface area (Å²) >= 11 is 0. The summed E-state index contributed by atoms with van der Waals surface area (Å²) in [7, 11) is 0. The Morgan fingerprint density at radius 3 is 1.89 bits per heavy atom. The monoisotopic (exact) mass is 585 g/mol. The van der Waals surface area contributed by atoms with Crippen LogP contribution in [-0.2, 0) is 0 Å². The van der Waals surface area contributed by atoms with E-state index in [9.17, 15) is 0 Å². The second kappa shape index (κ2) is 9.65. The highest BCUT2D eigenvalue weighted by Gasteiger charge is 2.21. The van der Waals surface area contributed by atoms with E-state index >= 15 is 0 Å². The molecule has 3 heteroatoms. The van der Waals surface area contributed by atoms with Crippen LogP contribution in [0.5, 0.6) is 0 Å². The van der Waals surface area contributed by atoms with E-state index in [0.717, 1.165) is 33.4 Å². The molecule has 3 heterocycles. The van der Waals surface area contributed by atoms with Crippen LogP contribution in [0.3, 0.4) is 0 Å². The van der Waals surface area contributed by atoms with Crippen molar-refractivity contribution in [3.63, 3.8) is 0 Å². The third kappa shape index (κ3) is 3.57. The predicted molar refractivity (Wildman–Crippen MR) is 193 cm³/mol. The number of hydrogen-bond acceptors (Lipinski definition) is 1. The van der Waals surface area contributed by atoms with Crippen LogP contribution in [0.15, 0.2) is 164 Å². The van der Waals surface area contributed by atoms with Crippen LogP contribution in [0.2, 0.25) is 0 Å². The Morgan fingerprint density at radius 2 is 1.04 bits per heavy atom. The number of hydrogen-bond donors (Lipinski definition) is 0. The van der Waals surface area contributed by atoms with Crippen LogP contribution in [-0.4, -0.2) is 14.1 Å². The first-order valence-electron chi connectivity index (χ1n) is 15.7. The van der Waals surface area contributed by atoms with Crippen molar-refractivity contribution in [2.45, 2.75) is 0 Å². The van der Waals surface area contributed by atoms with E-state index < -0.39 is 0 Å². The molecule has 0 aliphatic rings. The maximum atomic E-state index is 5.30. The molecule has 214 valence electrons. The number of nitrogens with zero attached hydrogens (tertiary/aromatic N) is 3. The molecule has 0 bridgehead atoms. The van der Waals surface area contributed by atoms with Crippen LogP contribution in [0, 0.1) is 0 Å². The normalized spacial score (nSPS) is 11.9. The molecule has 3 aromatic heterocycles. The van der Waals surface area contributed by atoms with Crippen molar-refractivity contribution in [2.75, 3.05) is 0 Å². The smallest absolute Gasteiger partial charge is 0.138 e. The molecule has 0 saturated heterocycles. The molecule has 0 aliphatic heterocycles. The lowest BCUT2D eigenvalue weighted by Crippen LogP contribution is -2.00. The lowest BCUT2D eigenvalue weighted by atomic mass is 10.0. The van der Waals surface area contributed by atoms with Crippen molar-refractivity contribution >= 4 is 65.3 Å². The molecule has 0 N–H and O–H groups in total. The molecule has 10 rings (SSSR count). The second-order valence-corrected chi connectivity index (χ2v) is 12.0. The van der Waals surface area contributed by atoms with Gasteiger partial charge in [0.15, 0.2) is 0 Å². The molecule has 0 atom stereocenters. The molecule has 0 saturated carbocycles. The van der Waals surface area contributed by atoms with Gasteiger partial charge in [0.1, 0.15) is 5.82 Å². The van der Waals surface area contributed by atoms with Gasteiger partial charge in [-0.1, -0.05) is 121 Å². The van der Waals surface area contributed by atoms with Crippen molar-refractivity contribution in [2.24, 2.45) is 0 Å². The van der Waals surface area contributed by atoms with Crippen LogP contribution >= 0.6 is 0 Å². The molecule has 0 amide bonds. The van der Waals surface area contributed by atoms with Crippen molar-refractivity contribution in [3.8, 4) is 22.6 Å². The summed E-state index contributed by atoms with van der Waals surface area (Å²) < 4.78 is 4.80. The minimum absolute atomic E-state index is 0.913. The standard InChI is InChI=1S/C43H27N3/c1-3-13-28(14-4-1)35-26-42(44-38-21-11-9-19-32(35)38)46-39-22-12-10-20-33(39)36-25-37-34-24-23-29-15-7-8-18-31(29)43(34)45(40(37)27-41(36)46)30-16-5-2-6-17-30/h1-27H. The highest BCUT2D eigenvalue weighted by atomic mass is 15.1. The highest BCUT2D eigenvalue weighted by Crippen LogP contribution is 2.42. The van der Waals surface area contributed by atoms with Gasteiger partial charge in [-0.05, 0) is 59.0 Å². The first-order chi connectivity index (χ1) is 22.8. The lowest BCUT2D eigenvalue weighted by Gasteiger charge is -2.13. The average Bonchev–Trinajstić information content (AvgIpc) is 3.63. The van der Waals surface area contributed by atoms with Crippen LogP contribution in [0.4, 0.5) is 0 Å². The number of fused-ring (bicyclic) bond motifs is 9. The van der Waals surface area contributed by atoms with Crippen LogP contribution < -0.4 is 0 Å². The molecular formula is C43H27N3. The molecule has 3 nitrogen and oxygen atoms in total. The number of rotatable bonds is 3. The van der Waals surface area contributed by atoms with E-state index in [1.807, 2.05) is 0 Å². The van der Waals surface area contributed by atoms with E-state index in [4.69, 9.17) is 4.98 Å².